The maximum absolute atomic E-state index is 11.9. The Morgan fingerprint density at radius 2 is 2.11 bits per heavy atom. The molecule has 0 unspecified atom stereocenters. The van der Waals surface area contributed by atoms with Crippen LogP contribution in [0.25, 0.3) is 0 Å². The summed E-state index contributed by atoms with van der Waals surface area (Å²) in [7, 11) is 3.08. The molecule has 0 spiro atoms. The van der Waals surface area contributed by atoms with Gasteiger partial charge in [-0.3, -0.25) is 9.36 Å². The lowest BCUT2D eigenvalue weighted by atomic mass is 10.3. The molecule has 2 rings (SSSR count). The summed E-state index contributed by atoms with van der Waals surface area (Å²) >= 11 is 3.32. The Balaban J connectivity index is 2.29. The number of halogens is 1. The van der Waals surface area contributed by atoms with Gasteiger partial charge in [0.25, 0.3) is 5.56 Å². The fraction of sp³-hybridized carbons (Fsp3) is 0.250. The highest BCUT2D eigenvalue weighted by molar-refractivity contribution is 9.10. The van der Waals surface area contributed by atoms with Crippen LogP contribution in [-0.2, 0) is 20.6 Å². The van der Waals surface area contributed by atoms with Crippen molar-refractivity contribution >= 4 is 21.6 Å². The average molecular weight is 325 g/mol. The standard InChI is InChI=1S/C12H13BrN4O2/c1-16-7-8(11(18)17(2)12(16)19)6-15-9-4-3-5-14-10(9)13/h3-5,7,15H,6H2,1-2H3. The number of pyridine rings is 1. The predicted octanol–water partition coefficient (Wildman–Crippen LogP) is 0.854. The molecule has 19 heavy (non-hydrogen) atoms. The van der Waals surface area contributed by atoms with Crippen LogP contribution >= 0.6 is 15.9 Å². The van der Waals surface area contributed by atoms with Crippen molar-refractivity contribution in [1.29, 1.82) is 0 Å². The van der Waals surface area contributed by atoms with Crippen molar-refractivity contribution in [2.24, 2.45) is 14.1 Å². The Kier molecular flexibility index (Phi) is 3.84. The number of nitrogens with zero attached hydrogens (tertiary/aromatic N) is 3. The van der Waals surface area contributed by atoms with E-state index in [0.717, 1.165) is 10.3 Å². The van der Waals surface area contributed by atoms with Crippen LogP contribution in [0, 0.1) is 0 Å². The lowest BCUT2D eigenvalue weighted by Crippen LogP contribution is -2.38. The molecule has 0 bridgehead atoms. The topological polar surface area (TPSA) is 68.9 Å². The van der Waals surface area contributed by atoms with E-state index in [1.165, 1.54) is 11.6 Å². The second kappa shape index (κ2) is 5.40. The van der Waals surface area contributed by atoms with Crippen LogP contribution in [0.4, 0.5) is 5.69 Å². The monoisotopic (exact) mass is 324 g/mol. The number of aromatic nitrogens is 3. The van der Waals surface area contributed by atoms with E-state index in [-0.39, 0.29) is 11.2 Å². The zero-order valence-corrected chi connectivity index (χ0v) is 12.1. The van der Waals surface area contributed by atoms with Gasteiger partial charge >= 0.3 is 5.69 Å². The number of aryl methyl sites for hydroxylation is 1. The molecule has 1 N–H and O–H groups in total. The quantitative estimate of drug-likeness (QED) is 0.850. The van der Waals surface area contributed by atoms with Crippen molar-refractivity contribution in [3.63, 3.8) is 0 Å². The molecule has 0 aromatic carbocycles. The number of anilines is 1. The molecule has 0 fully saturated rings. The summed E-state index contributed by atoms with van der Waals surface area (Å²) in [6.45, 7) is 0.324. The van der Waals surface area contributed by atoms with Gasteiger partial charge in [-0.15, -0.1) is 0 Å². The maximum atomic E-state index is 11.9. The van der Waals surface area contributed by atoms with Crippen molar-refractivity contribution in [3.05, 3.63) is 55.5 Å². The highest BCUT2D eigenvalue weighted by Gasteiger charge is 2.07. The number of hydrogen-bond acceptors (Lipinski definition) is 4. The zero-order chi connectivity index (χ0) is 14.0. The minimum atomic E-state index is -0.337. The van der Waals surface area contributed by atoms with Crippen LogP contribution in [0.1, 0.15) is 5.56 Å². The van der Waals surface area contributed by atoms with Crippen molar-refractivity contribution in [1.82, 2.24) is 14.1 Å². The van der Waals surface area contributed by atoms with Crippen LogP contribution < -0.4 is 16.6 Å². The summed E-state index contributed by atoms with van der Waals surface area (Å²) < 4.78 is 3.16. The van der Waals surface area contributed by atoms with E-state index >= 15 is 0 Å². The molecule has 2 aromatic rings. The summed E-state index contributed by atoms with van der Waals surface area (Å²) in [4.78, 5) is 27.6. The van der Waals surface area contributed by atoms with E-state index in [9.17, 15) is 9.59 Å². The molecular formula is C12H13BrN4O2. The number of rotatable bonds is 3. The molecule has 0 saturated heterocycles. The van der Waals surface area contributed by atoms with Crippen LogP contribution in [0.2, 0.25) is 0 Å². The van der Waals surface area contributed by atoms with Gasteiger partial charge in [-0.05, 0) is 28.1 Å². The van der Waals surface area contributed by atoms with Gasteiger partial charge in [0.1, 0.15) is 4.60 Å². The van der Waals surface area contributed by atoms with Gasteiger partial charge < -0.3 is 9.88 Å². The van der Waals surface area contributed by atoms with Gasteiger partial charge in [-0.2, -0.15) is 0 Å². The van der Waals surface area contributed by atoms with E-state index in [1.54, 1.807) is 25.5 Å². The smallest absolute Gasteiger partial charge is 0.330 e. The fourth-order valence-corrected chi connectivity index (χ4v) is 2.10. The summed E-state index contributed by atoms with van der Waals surface area (Å²) in [5.74, 6) is 0. The SMILES string of the molecule is Cn1cc(CNc2cccnc2Br)c(=O)n(C)c1=O. The van der Waals surface area contributed by atoms with E-state index in [2.05, 4.69) is 26.2 Å². The molecule has 0 saturated carbocycles. The molecule has 2 heterocycles. The van der Waals surface area contributed by atoms with Crippen molar-refractivity contribution in [2.45, 2.75) is 6.54 Å². The van der Waals surface area contributed by atoms with Gasteiger partial charge in [0.15, 0.2) is 0 Å². The van der Waals surface area contributed by atoms with Crippen molar-refractivity contribution < 1.29 is 0 Å². The average Bonchev–Trinajstić information content (AvgIpc) is 2.40. The van der Waals surface area contributed by atoms with Crippen molar-refractivity contribution in [2.75, 3.05) is 5.32 Å². The minimum Gasteiger partial charge on any atom is -0.379 e. The molecular weight excluding hydrogens is 312 g/mol. The molecule has 0 radical (unpaired) electrons. The van der Waals surface area contributed by atoms with E-state index < -0.39 is 0 Å². The summed E-state index contributed by atoms with van der Waals surface area (Å²) in [6, 6.07) is 3.65. The number of nitrogens with one attached hydrogen (secondary N) is 1. The molecule has 0 amide bonds. The first kappa shape index (κ1) is 13.5. The highest BCUT2D eigenvalue weighted by Crippen LogP contribution is 2.18. The second-order valence-electron chi connectivity index (χ2n) is 4.11. The molecule has 0 atom stereocenters. The normalized spacial score (nSPS) is 10.5. The molecule has 6 nitrogen and oxygen atoms in total. The Hall–Kier alpha value is -1.89. The molecule has 0 aliphatic carbocycles. The molecule has 100 valence electrons. The Bertz CT molecular complexity index is 720. The highest BCUT2D eigenvalue weighted by atomic mass is 79.9. The lowest BCUT2D eigenvalue weighted by Gasteiger charge is -2.09. The molecule has 2 aromatic heterocycles. The van der Waals surface area contributed by atoms with E-state index in [4.69, 9.17) is 0 Å². The van der Waals surface area contributed by atoms with Crippen LogP contribution in [0.5, 0.6) is 0 Å². The van der Waals surface area contributed by atoms with Crippen molar-refractivity contribution in [3.8, 4) is 0 Å². The first-order valence-corrected chi connectivity index (χ1v) is 6.40. The van der Waals surface area contributed by atoms with Gasteiger partial charge in [-0.25, -0.2) is 9.78 Å². The largest absolute Gasteiger partial charge is 0.379 e. The molecule has 0 aliphatic heterocycles. The van der Waals surface area contributed by atoms with E-state index in [0.29, 0.717) is 16.7 Å². The summed E-state index contributed by atoms with van der Waals surface area (Å²) in [5, 5.41) is 3.11. The molecule has 0 aliphatic rings. The minimum absolute atomic E-state index is 0.296. The second-order valence-corrected chi connectivity index (χ2v) is 4.86. The van der Waals surface area contributed by atoms with Gasteiger partial charge in [0, 0.05) is 33.0 Å². The third-order valence-electron chi connectivity index (χ3n) is 2.75. The summed E-state index contributed by atoms with van der Waals surface area (Å²) in [5.41, 5.74) is 0.672. The lowest BCUT2D eigenvalue weighted by molar-refractivity contribution is 0.671. The van der Waals surface area contributed by atoms with E-state index in [1.807, 2.05) is 6.07 Å². The third kappa shape index (κ3) is 2.76. The van der Waals surface area contributed by atoms with Gasteiger partial charge in [0.2, 0.25) is 0 Å². The molecule has 7 heteroatoms. The third-order valence-corrected chi connectivity index (χ3v) is 3.38. The summed E-state index contributed by atoms with van der Waals surface area (Å²) in [6.07, 6.45) is 3.21. The first-order chi connectivity index (χ1) is 9.00. The van der Waals surface area contributed by atoms with Crippen LogP contribution in [0.15, 0.2) is 38.7 Å². The van der Waals surface area contributed by atoms with Gasteiger partial charge in [-0.1, -0.05) is 0 Å². The Morgan fingerprint density at radius 3 is 2.79 bits per heavy atom. The Morgan fingerprint density at radius 1 is 1.37 bits per heavy atom. The Labute approximate surface area is 117 Å². The van der Waals surface area contributed by atoms with Crippen LogP contribution in [-0.4, -0.2) is 14.1 Å². The maximum Gasteiger partial charge on any atom is 0.330 e. The zero-order valence-electron chi connectivity index (χ0n) is 10.6. The number of hydrogen-bond donors (Lipinski definition) is 1. The fourth-order valence-electron chi connectivity index (χ4n) is 1.71. The predicted molar refractivity (Wildman–Crippen MR) is 76.2 cm³/mol. The van der Waals surface area contributed by atoms with Crippen LogP contribution in [0.3, 0.4) is 0 Å². The van der Waals surface area contributed by atoms with Gasteiger partial charge in [0.05, 0.1) is 11.3 Å². The first-order valence-electron chi connectivity index (χ1n) is 5.60.